The molecule has 2 aromatic carbocycles. The molecule has 0 unspecified atom stereocenters. The molecule has 3 aromatic rings. The summed E-state index contributed by atoms with van der Waals surface area (Å²) in [7, 11) is 0. The van der Waals surface area contributed by atoms with E-state index in [-0.39, 0.29) is 11.2 Å². The third-order valence-corrected chi connectivity index (χ3v) is 6.94. The highest BCUT2D eigenvalue weighted by molar-refractivity contribution is 6.28. The Morgan fingerprint density at radius 3 is 2.19 bits per heavy atom. The Labute approximate surface area is 257 Å². The van der Waals surface area contributed by atoms with Gasteiger partial charge in [-0.1, -0.05) is 18.2 Å². The van der Waals surface area contributed by atoms with Crippen LogP contribution in [0.4, 0.5) is 21.1 Å². The van der Waals surface area contributed by atoms with Gasteiger partial charge in [-0.05, 0) is 108 Å². The molecular weight excluding hydrogens is 570 g/mol. The minimum Gasteiger partial charge on any atom is -0.444 e. The van der Waals surface area contributed by atoms with E-state index in [1.807, 2.05) is 58.0 Å². The third kappa shape index (κ3) is 8.56. The zero-order valence-electron chi connectivity index (χ0n) is 25.9. The zero-order valence-corrected chi connectivity index (χ0v) is 26.6. The van der Waals surface area contributed by atoms with Crippen molar-refractivity contribution in [2.24, 2.45) is 5.92 Å². The monoisotopic (exact) mass is 609 g/mol. The first-order valence-corrected chi connectivity index (χ1v) is 14.8. The number of benzene rings is 2. The van der Waals surface area contributed by atoms with Crippen LogP contribution in [0.25, 0.3) is 10.9 Å². The smallest absolute Gasteiger partial charge is 0.421 e. The summed E-state index contributed by atoms with van der Waals surface area (Å²) in [6.45, 7) is 13.9. The fraction of sp³-hybridized carbons (Fsp3) is 0.469. The van der Waals surface area contributed by atoms with E-state index < -0.39 is 29.3 Å². The first-order chi connectivity index (χ1) is 20.1. The average Bonchev–Trinajstić information content (AvgIpc) is 2.90. The van der Waals surface area contributed by atoms with Gasteiger partial charge in [-0.2, -0.15) is 0 Å². The number of fused-ring (bicyclic) bond motifs is 1. The summed E-state index contributed by atoms with van der Waals surface area (Å²) in [6, 6.07) is 13.0. The quantitative estimate of drug-likeness (QED) is 0.304. The molecule has 3 amide bonds. The van der Waals surface area contributed by atoms with Crippen molar-refractivity contribution in [2.45, 2.75) is 79.1 Å². The van der Waals surface area contributed by atoms with Crippen LogP contribution < -0.4 is 10.2 Å². The largest absolute Gasteiger partial charge is 0.444 e. The van der Waals surface area contributed by atoms with E-state index in [0.717, 1.165) is 26.9 Å². The van der Waals surface area contributed by atoms with Gasteiger partial charge in [-0.15, -0.1) is 0 Å². The Bertz CT molecular complexity index is 1480. The Hall–Kier alpha value is -3.92. The van der Waals surface area contributed by atoms with Gasteiger partial charge in [0, 0.05) is 30.9 Å². The van der Waals surface area contributed by atoms with Crippen LogP contribution >= 0.6 is 11.6 Å². The number of imide groups is 1. The van der Waals surface area contributed by atoms with Crippen molar-refractivity contribution in [3.8, 4) is 0 Å². The number of carbonyl (C=O) groups is 3. The number of carbonyl (C=O) groups excluding carboxylic acids is 3. The van der Waals surface area contributed by atoms with Gasteiger partial charge in [-0.3, -0.25) is 4.79 Å². The number of nitrogens with zero attached hydrogens (tertiary/aromatic N) is 4. The molecule has 4 rings (SSSR count). The highest BCUT2D eigenvalue weighted by atomic mass is 35.5. The number of aromatic nitrogens is 2. The summed E-state index contributed by atoms with van der Waals surface area (Å²) in [6.07, 6.45) is -0.322. The number of halogens is 1. The number of ether oxygens (including phenoxy) is 2. The van der Waals surface area contributed by atoms with Gasteiger partial charge in [0.15, 0.2) is 0 Å². The summed E-state index contributed by atoms with van der Waals surface area (Å²) in [5.41, 5.74) is 1.74. The Balaban J connectivity index is 1.49. The number of nitrogens with one attached hydrogen (secondary N) is 1. The fourth-order valence-electron chi connectivity index (χ4n) is 4.74. The topological polar surface area (TPSA) is 114 Å². The molecule has 1 aromatic heterocycles. The summed E-state index contributed by atoms with van der Waals surface area (Å²) in [4.78, 5) is 50.9. The van der Waals surface area contributed by atoms with E-state index in [1.165, 1.54) is 0 Å². The predicted molar refractivity (Wildman–Crippen MR) is 167 cm³/mol. The molecule has 1 N–H and O–H groups in total. The number of aryl methyl sites for hydroxylation is 1. The molecule has 0 radical (unpaired) electrons. The number of piperidine rings is 1. The summed E-state index contributed by atoms with van der Waals surface area (Å²) in [5.74, 6) is -0.198. The lowest BCUT2D eigenvalue weighted by molar-refractivity contribution is -0.123. The minimum absolute atomic E-state index is 0.152. The average molecular weight is 610 g/mol. The highest BCUT2D eigenvalue weighted by Gasteiger charge is 2.36. The molecule has 1 fully saturated rings. The maximum atomic E-state index is 13.8. The molecule has 1 aliphatic rings. The minimum atomic E-state index is -0.792. The number of rotatable bonds is 5. The lowest BCUT2D eigenvalue weighted by atomic mass is 9.95. The van der Waals surface area contributed by atoms with Crippen molar-refractivity contribution in [3.63, 3.8) is 0 Å². The molecule has 0 atom stereocenters. The molecule has 1 saturated heterocycles. The van der Waals surface area contributed by atoms with Crippen molar-refractivity contribution in [1.29, 1.82) is 0 Å². The van der Waals surface area contributed by atoms with Gasteiger partial charge in [-0.25, -0.2) is 24.5 Å². The van der Waals surface area contributed by atoms with Crippen molar-refractivity contribution in [2.75, 3.05) is 23.3 Å². The first-order valence-electron chi connectivity index (χ1n) is 14.4. The van der Waals surface area contributed by atoms with Crippen LogP contribution in [0.15, 0.2) is 42.5 Å². The van der Waals surface area contributed by atoms with Gasteiger partial charge >= 0.3 is 12.2 Å². The van der Waals surface area contributed by atoms with Crippen LogP contribution in [0.3, 0.4) is 0 Å². The molecule has 0 spiro atoms. The lowest BCUT2D eigenvalue weighted by Crippen LogP contribution is -2.48. The van der Waals surface area contributed by atoms with E-state index in [0.29, 0.717) is 44.0 Å². The SMILES string of the molecule is Cc1ccc2c(NCc3ccc(N(C(=O)OC(C)(C)C)C(=O)C4CCN(C(=O)OC(C)(C)C)CC4)cc3)nc(Cl)nc2c1. The number of amides is 3. The van der Waals surface area contributed by atoms with Crippen LogP contribution in [-0.2, 0) is 20.8 Å². The summed E-state index contributed by atoms with van der Waals surface area (Å²) >= 11 is 6.16. The molecule has 1 aliphatic heterocycles. The Kier molecular flexibility index (Phi) is 9.49. The molecule has 0 aliphatic carbocycles. The molecule has 11 heteroatoms. The van der Waals surface area contributed by atoms with Crippen molar-refractivity contribution < 1.29 is 23.9 Å². The second-order valence-corrected chi connectivity index (χ2v) is 13.1. The van der Waals surface area contributed by atoms with E-state index >= 15 is 0 Å². The molecule has 43 heavy (non-hydrogen) atoms. The number of likely N-dealkylation sites (tertiary alicyclic amines) is 1. The number of hydrogen-bond donors (Lipinski definition) is 1. The highest BCUT2D eigenvalue weighted by Crippen LogP contribution is 2.28. The van der Waals surface area contributed by atoms with Crippen molar-refractivity contribution in [3.05, 3.63) is 58.9 Å². The van der Waals surface area contributed by atoms with E-state index in [2.05, 4.69) is 15.3 Å². The Morgan fingerprint density at radius 2 is 1.58 bits per heavy atom. The zero-order chi connectivity index (χ0) is 31.5. The van der Waals surface area contributed by atoms with E-state index in [1.54, 1.807) is 37.8 Å². The molecular formula is C32H40ClN5O5. The Morgan fingerprint density at radius 1 is 0.953 bits per heavy atom. The van der Waals surface area contributed by atoms with Gasteiger partial charge in [0.25, 0.3) is 0 Å². The molecule has 10 nitrogen and oxygen atoms in total. The molecule has 230 valence electrons. The number of hydrogen-bond acceptors (Lipinski definition) is 8. The molecule has 0 bridgehead atoms. The van der Waals surface area contributed by atoms with E-state index in [4.69, 9.17) is 21.1 Å². The lowest BCUT2D eigenvalue weighted by Gasteiger charge is -2.35. The number of anilines is 2. The maximum Gasteiger partial charge on any atom is 0.421 e. The second-order valence-electron chi connectivity index (χ2n) is 12.8. The van der Waals surface area contributed by atoms with Crippen LogP contribution in [0, 0.1) is 12.8 Å². The van der Waals surface area contributed by atoms with Crippen LogP contribution in [0.2, 0.25) is 5.28 Å². The van der Waals surface area contributed by atoms with Gasteiger partial charge in [0.2, 0.25) is 11.2 Å². The standard InChI is InChI=1S/C32H40ClN5O5/c1-20-8-13-24-25(18-20)35-28(33)36-26(24)34-19-21-9-11-23(12-10-21)38(30(41)43-32(5,6)7)27(39)22-14-16-37(17-15-22)29(40)42-31(2,3)4/h8-13,18,22H,14-17,19H2,1-7H3,(H,34,35,36). The fourth-order valence-corrected chi connectivity index (χ4v) is 4.92. The van der Waals surface area contributed by atoms with Crippen molar-refractivity contribution >= 4 is 52.1 Å². The summed E-state index contributed by atoms with van der Waals surface area (Å²) < 4.78 is 11.1. The second kappa shape index (κ2) is 12.8. The summed E-state index contributed by atoms with van der Waals surface area (Å²) in [5, 5.41) is 4.32. The first kappa shape index (κ1) is 32.0. The third-order valence-electron chi connectivity index (χ3n) is 6.77. The van der Waals surface area contributed by atoms with Gasteiger partial charge in [0.05, 0.1) is 11.2 Å². The van der Waals surface area contributed by atoms with Crippen LogP contribution in [0.1, 0.15) is 65.5 Å². The predicted octanol–water partition coefficient (Wildman–Crippen LogP) is 7.12. The van der Waals surface area contributed by atoms with Crippen LogP contribution in [0.5, 0.6) is 0 Å². The van der Waals surface area contributed by atoms with Gasteiger partial charge in [0.1, 0.15) is 17.0 Å². The van der Waals surface area contributed by atoms with Gasteiger partial charge < -0.3 is 19.7 Å². The normalized spacial score (nSPS) is 14.4. The maximum absolute atomic E-state index is 13.8. The molecule has 0 saturated carbocycles. The van der Waals surface area contributed by atoms with E-state index in [9.17, 15) is 14.4 Å². The van der Waals surface area contributed by atoms with Crippen LogP contribution in [-0.4, -0.2) is 57.3 Å². The van der Waals surface area contributed by atoms with Crippen molar-refractivity contribution in [1.82, 2.24) is 14.9 Å². The molecule has 2 heterocycles.